The topological polar surface area (TPSA) is 26.3 Å². The van der Waals surface area contributed by atoms with Gasteiger partial charge in [-0.3, -0.25) is 4.79 Å². The van der Waals surface area contributed by atoms with Gasteiger partial charge in [0.15, 0.2) is 0 Å². The molecule has 0 rings (SSSR count). The van der Waals surface area contributed by atoms with Crippen LogP contribution in [-0.2, 0) is 9.53 Å². The fraction of sp³-hybridized carbons (Fsp3) is 0.975. The molecule has 0 saturated carbocycles. The lowest BCUT2D eigenvalue weighted by Crippen LogP contribution is -2.18. The molecule has 2 heteroatoms. The number of unbranched alkanes of at least 4 members (excludes halogenated alkanes) is 29. The zero-order valence-electron chi connectivity index (χ0n) is 29.6. The molecule has 1 atom stereocenters. The van der Waals surface area contributed by atoms with Gasteiger partial charge >= 0.3 is 5.97 Å². The maximum absolute atomic E-state index is 13.0. The smallest absolute Gasteiger partial charge is 0.308 e. The fourth-order valence-electron chi connectivity index (χ4n) is 6.37. The van der Waals surface area contributed by atoms with Gasteiger partial charge in [0.1, 0.15) is 0 Å². The van der Waals surface area contributed by atoms with E-state index >= 15 is 0 Å². The molecule has 0 aromatic heterocycles. The predicted molar refractivity (Wildman–Crippen MR) is 188 cm³/mol. The molecule has 0 aliphatic rings. The monoisotopic (exact) mass is 593 g/mol. The van der Waals surface area contributed by atoms with Crippen LogP contribution in [0.2, 0.25) is 0 Å². The summed E-state index contributed by atoms with van der Waals surface area (Å²) >= 11 is 0. The molecule has 252 valence electrons. The molecule has 0 aliphatic carbocycles. The SMILES string of the molecule is CCCCCCCCCCCCCCCCOC(=O)C(CCCCCCCC)CCCCCCCCCCCCCC. The highest BCUT2D eigenvalue weighted by atomic mass is 16.5. The lowest BCUT2D eigenvalue weighted by Gasteiger charge is -2.16. The van der Waals surface area contributed by atoms with Crippen LogP contribution in [0.1, 0.15) is 239 Å². The largest absolute Gasteiger partial charge is 0.465 e. The van der Waals surface area contributed by atoms with Crippen LogP contribution in [-0.4, -0.2) is 12.6 Å². The maximum atomic E-state index is 13.0. The summed E-state index contributed by atoms with van der Waals surface area (Å²) in [7, 11) is 0. The maximum Gasteiger partial charge on any atom is 0.308 e. The van der Waals surface area contributed by atoms with Crippen LogP contribution in [0.5, 0.6) is 0 Å². The standard InChI is InChI=1S/C40H80O2/c1-4-7-10-13-16-18-20-22-23-25-27-29-32-35-38-42-40(41)39(36-33-30-15-12-9-6-3)37-34-31-28-26-24-21-19-17-14-11-8-5-2/h39H,4-38H2,1-3H3. The molecule has 0 aliphatic heterocycles. The first-order valence-corrected chi connectivity index (χ1v) is 19.9. The Morgan fingerprint density at radius 1 is 0.357 bits per heavy atom. The Morgan fingerprint density at radius 3 is 0.881 bits per heavy atom. The molecular formula is C40H80O2. The van der Waals surface area contributed by atoms with Crippen LogP contribution in [0.15, 0.2) is 0 Å². The first-order chi connectivity index (χ1) is 20.8. The van der Waals surface area contributed by atoms with Crippen LogP contribution < -0.4 is 0 Å². The Morgan fingerprint density at radius 2 is 0.595 bits per heavy atom. The van der Waals surface area contributed by atoms with E-state index in [-0.39, 0.29) is 11.9 Å². The highest BCUT2D eigenvalue weighted by molar-refractivity contribution is 5.72. The van der Waals surface area contributed by atoms with E-state index in [9.17, 15) is 4.79 Å². The van der Waals surface area contributed by atoms with E-state index in [1.54, 1.807) is 0 Å². The van der Waals surface area contributed by atoms with E-state index in [1.165, 1.54) is 199 Å². The summed E-state index contributed by atoms with van der Waals surface area (Å²) in [5.74, 6) is 0.257. The molecule has 0 saturated heterocycles. The minimum Gasteiger partial charge on any atom is -0.465 e. The van der Waals surface area contributed by atoms with Crippen molar-refractivity contribution in [1.29, 1.82) is 0 Å². The second-order valence-electron chi connectivity index (χ2n) is 13.7. The van der Waals surface area contributed by atoms with Crippen LogP contribution >= 0.6 is 0 Å². The number of rotatable bonds is 36. The summed E-state index contributed by atoms with van der Waals surface area (Å²) < 4.78 is 5.83. The van der Waals surface area contributed by atoms with E-state index in [4.69, 9.17) is 4.74 Å². The number of carbonyl (C=O) groups is 1. The van der Waals surface area contributed by atoms with Gasteiger partial charge in [-0.25, -0.2) is 0 Å². The summed E-state index contributed by atoms with van der Waals surface area (Å²) in [5, 5.41) is 0. The number of ether oxygens (including phenoxy) is 1. The normalized spacial score (nSPS) is 12.2. The van der Waals surface area contributed by atoms with Gasteiger partial charge in [0.25, 0.3) is 0 Å². The second-order valence-corrected chi connectivity index (χ2v) is 13.7. The van der Waals surface area contributed by atoms with Crippen molar-refractivity contribution in [2.75, 3.05) is 6.61 Å². The van der Waals surface area contributed by atoms with Crippen LogP contribution in [0, 0.1) is 5.92 Å². The molecular weight excluding hydrogens is 512 g/mol. The lowest BCUT2D eigenvalue weighted by atomic mass is 9.94. The van der Waals surface area contributed by atoms with E-state index in [0.29, 0.717) is 6.61 Å². The third-order valence-electron chi connectivity index (χ3n) is 9.39. The fourth-order valence-corrected chi connectivity index (χ4v) is 6.37. The van der Waals surface area contributed by atoms with Gasteiger partial charge in [-0.15, -0.1) is 0 Å². The van der Waals surface area contributed by atoms with Gasteiger partial charge in [-0.1, -0.05) is 220 Å². The molecule has 0 radical (unpaired) electrons. The quantitative estimate of drug-likeness (QED) is 0.0534. The molecule has 0 aromatic carbocycles. The summed E-state index contributed by atoms with van der Waals surface area (Å²) in [6.45, 7) is 7.50. The Labute approximate surface area is 266 Å². The van der Waals surface area contributed by atoms with Gasteiger partial charge < -0.3 is 4.74 Å². The third kappa shape index (κ3) is 32.4. The van der Waals surface area contributed by atoms with E-state index in [1.807, 2.05) is 0 Å². The van der Waals surface area contributed by atoms with Crippen molar-refractivity contribution in [3.8, 4) is 0 Å². The van der Waals surface area contributed by atoms with Crippen molar-refractivity contribution in [2.24, 2.45) is 5.92 Å². The number of carbonyl (C=O) groups excluding carboxylic acids is 1. The molecule has 0 heterocycles. The third-order valence-corrected chi connectivity index (χ3v) is 9.39. The Kier molecular flexibility index (Phi) is 36.2. The Bertz CT molecular complexity index is 502. The Hall–Kier alpha value is -0.530. The zero-order valence-corrected chi connectivity index (χ0v) is 29.6. The zero-order chi connectivity index (χ0) is 30.6. The molecule has 0 amide bonds. The molecule has 0 spiro atoms. The van der Waals surface area contributed by atoms with Gasteiger partial charge in [0, 0.05) is 0 Å². The predicted octanol–water partition coefficient (Wildman–Crippen LogP) is 14.5. The van der Waals surface area contributed by atoms with Crippen LogP contribution in [0.25, 0.3) is 0 Å². The molecule has 2 nitrogen and oxygen atoms in total. The van der Waals surface area contributed by atoms with Gasteiger partial charge in [-0.2, -0.15) is 0 Å². The molecule has 0 aromatic rings. The summed E-state index contributed by atoms with van der Waals surface area (Å²) in [5.41, 5.74) is 0. The minimum atomic E-state index is 0.112. The van der Waals surface area contributed by atoms with E-state index in [0.717, 1.165) is 19.3 Å². The average Bonchev–Trinajstić information content (AvgIpc) is 3.00. The number of esters is 1. The highest BCUT2D eigenvalue weighted by Crippen LogP contribution is 2.21. The molecule has 0 N–H and O–H groups in total. The Balaban J connectivity index is 3.89. The lowest BCUT2D eigenvalue weighted by molar-refractivity contribution is -0.149. The van der Waals surface area contributed by atoms with Crippen molar-refractivity contribution < 1.29 is 9.53 Å². The van der Waals surface area contributed by atoms with Gasteiger partial charge in [-0.05, 0) is 19.3 Å². The van der Waals surface area contributed by atoms with Crippen molar-refractivity contribution >= 4 is 5.97 Å². The van der Waals surface area contributed by atoms with E-state index in [2.05, 4.69) is 20.8 Å². The molecule has 42 heavy (non-hydrogen) atoms. The molecule has 1 unspecified atom stereocenters. The number of hydrogen-bond acceptors (Lipinski definition) is 2. The molecule has 0 bridgehead atoms. The average molecular weight is 593 g/mol. The minimum absolute atomic E-state index is 0.112. The van der Waals surface area contributed by atoms with Crippen molar-refractivity contribution in [3.63, 3.8) is 0 Å². The number of hydrogen-bond donors (Lipinski definition) is 0. The van der Waals surface area contributed by atoms with Gasteiger partial charge in [0.05, 0.1) is 12.5 Å². The van der Waals surface area contributed by atoms with Crippen molar-refractivity contribution in [1.82, 2.24) is 0 Å². The van der Waals surface area contributed by atoms with Crippen LogP contribution in [0.4, 0.5) is 0 Å². The summed E-state index contributed by atoms with van der Waals surface area (Å²) in [4.78, 5) is 13.0. The second kappa shape index (κ2) is 36.7. The summed E-state index contributed by atoms with van der Waals surface area (Å²) in [6.07, 6.45) is 45.5. The van der Waals surface area contributed by atoms with Crippen molar-refractivity contribution in [2.45, 2.75) is 239 Å². The first-order valence-electron chi connectivity index (χ1n) is 19.9. The van der Waals surface area contributed by atoms with Crippen molar-refractivity contribution in [3.05, 3.63) is 0 Å². The van der Waals surface area contributed by atoms with Crippen LogP contribution in [0.3, 0.4) is 0 Å². The first kappa shape index (κ1) is 41.5. The molecule has 0 fully saturated rings. The van der Waals surface area contributed by atoms with Gasteiger partial charge in [0.2, 0.25) is 0 Å². The van der Waals surface area contributed by atoms with E-state index < -0.39 is 0 Å². The summed E-state index contributed by atoms with van der Waals surface area (Å²) in [6, 6.07) is 0. The highest BCUT2D eigenvalue weighted by Gasteiger charge is 2.19.